The molecule has 0 spiro atoms. The van der Waals surface area contributed by atoms with Gasteiger partial charge in [-0.05, 0) is 60.9 Å². The number of alkyl halides is 3. The molecule has 2 amide bonds. The van der Waals surface area contributed by atoms with Gasteiger partial charge in [-0.15, -0.1) is 8.78 Å². The number of thioether (sulfide) groups is 1. The van der Waals surface area contributed by atoms with Crippen molar-refractivity contribution in [2.75, 3.05) is 11.9 Å². The molecule has 0 aliphatic carbocycles. The number of hydrogen-bond donors (Lipinski definition) is 1. The number of nitrogens with one attached hydrogen (secondary N) is 1. The number of amides is 2. The number of halogens is 4. The van der Waals surface area contributed by atoms with Gasteiger partial charge in [-0.1, -0.05) is 59.8 Å². The molecule has 0 saturated carbocycles. The van der Waals surface area contributed by atoms with Crippen LogP contribution in [-0.2, 0) is 16.0 Å². The van der Waals surface area contributed by atoms with E-state index in [1.807, 2.05) is 37.3 Å². The molecule has 1 aliphatic heterocycles. The number of ether oxygens (including phenoxy) is 1. The van der Waals surface area contributed by atoms with Gasteiger partial charge in [0.25, 0.3) is 0 Å². The first kappa shape index (κ1) is 27.9. The number of benzene rings is 3. The Morgan fingerprint density at radius 3 is 2.53 bits per heavy atom. The van der Waals surface area contributed by atoms with Crippen molar-refractivity contribution in [1.29, 1.82) is 0 Å². The average Bonchev–Trinajstić information content (AvgIpc) is 2.86. The molecule has 0 radical (unpaired) electrons. The van der Waals surface area contributed by atoms with E-state index in [1.54, 1.807) is 23.1 Å². The Kier molecular flexibility index (Phi) is 8.91. The maximum atomic E-state index is 13.2. The summed E-state index contributed by atoms with van der Waals surface area (Å²) in [6, 6.07) is 20.4. The molecule has 3 aromatic carbocycles. The number of anilines is 1. The monoisotopic (exact) mass is 577 g/mol. The van der Waals surface area contributed by atoms with E-state index in [9.17, 15) is 18.4 Å². The van der Waals surface area contributed by atoms with E-state index in [-0.39, 0.29) is 24.0 Å². The van der Waals surface area contributed by atoms with Gasteiger partial charge in [0, 0.05) is 35.3 Å². The van der Waals surface area contributed by atoms with E-state index in [2.05, 4.69) is 15.0 Å². The summed E-state index contributed by atoms with van der Waals surface area (Å²) in [6.45, 7) is 2.21. The van der Waals surface area contributed by atoms with Crippen molar-refractivity contribution in [2.45, 2.75) is 30.6 Å². The molecule has 1 heterocycles. The highest BCUT2D eigenvalue weighted by molar-refractivity contribution is 8.15. The van der Waals surface area contributed by atoms with Crippen molar-refractivity contribution < 1.29 is 23.1 Å². The van der Waals surface area contributed by atoms with Gasteiger partial charge in [0.05, 0.1) is 5.69 Å². The van der Waals surface area contributed by atoms with Crippen molar-refractivity contribution in [3.05, 3.63) is 88.9 Å². The van der Waals surface area contributed by atoms with E-state index < -0.39 is 10.8 Å². The predicted molar refractivity (Wildman–Crippen MR) is 148 cm³/mol. The Labute approximate surface area is 233 Å². The number of carbonyl (C=O) groups is 2. The second-order valence-corrected chi connectivity index (χ2v) is 10.5. The van der Waals surface area contributed by atoms with Crippen LogP contribution in [0.5, 0.6) is 5.75 Å². The molecule has 38 heavy (non-hydrogen) atoms. The lowest BCUT2D eigenvalue weighted by molar-refractivity contribution is -0.129. The van der Waals surface area contributed by atoms with Crippen LogP contribution in [0.2, 0.25) is 5.02 Å². The molecule has 11 heteroatoms. The summed E-state index contributed by atoms with van der Waals surface area (Å²) < 4.78 is 30.2. The average molecular weight is 578 g/mol. The number of nitrogens with zero attached hydrogens (tertiary/aromatic N) is 2. The van der Waals surface area contributed by atoms with Gasteiger partial charge in [-0.25, -0.2) is 4.99 Å². The summed E-state index contributed by atoms with van der Waals surface area (Å²) in [5.74, 6) is -0.745. The van der Waals surface area contributed by atoms with E-state index in [0.29, 0.717) is 34.5 Å². The fourth-order valence-electron chi connectivity index (χ4n) is 3.67. The SMILES string of the molecule is Cc1ccc(NC(=O)[C@@H]2CC(=O)N(CCc3ccccc3)C(=Nc3ccc(OC(F)(F)Cl)cc3)S2)cc1Cl. The molecule has 0 bridgehead atoms. The summed E-state index contributed by atoms with van der Waals surface area (Å²) in [7, 11) is 0. The van der Waals surface area contributed by atoms with Crippen LogP contribution in [0.4, 0.5) is 20.2 Å². The Morgan fingerprint density at radius 1 is 1.16 bits per heavy atom. The zero-order valence-corrected chi connectivity index (χ0v) is 22.5. The number of aliphatic imine (C=N–C) groups is 1. The molecular formula is C27H23Cl2F2N3O3S. The third kappa shape index (κ3) is 7.69. The number of carbonyl (C=O) groups excluding carboxylic acids is 2. The van der Waals surface area contributed by atoms with Crippen LogP contribution < -0.4 is 10.1 Å². The minimum Gasteiger partial charge on any atom is -0.420 e. The molecule has 1 fully saturated rings. The number of amidine groups is 1. The van der Waals surface area contributed by atoms with Crippen LogP contribution in [0.15, 0.2) is 77.8 Å². The summed E-state index contributed by atoms with van der Waals surface area (Å²) in [6.07, 6.45) is 0.573. The molecule has 1 atom stereocenters. The zero-order chi connectivity index (χ0) is 27.3. The summed E-state index contributed by atoms with van der Waals surface area (Å²) in [4.78, 5) is 32.4. The highest BCUT2D eigenvalue weighted by Crippen LogP contribution is 2.32. The first-order chi connectivity index (χ1) is 18.1. The lowest BCUT2D eigenvalue weighted by atomic mass is 10.1. The first-order valence-corrected chi connectivity index (χ1v) is 13.2. The maximum absolute atomic E-state index is 13.2. The molecule has 0 aromatic heterocycles. The standard InChI is InChI=1S/C27H23Cl2F2N3O3S/c1-17-7-8-20(15-22(17)28)32-25(36)23-16-24(35)34(14-13-18-5-3-2-4-6-18)26(38-23)33-19-9-11-21(12-10-19)37-27(29,30)31/h2-12,15,23H,13-14,16H2,1H3,(H,32,36)/t23-/m0/s1. The van der Waals surface area contributed by atoms with Gasteiger partial charge >= 0.3 is 5.57 Å². The third-order valence-electron chi connectivity index (χ3n) is 5.63. The molecule has 198 valence electrons. The number of aryl methyl sites for hydroxylation is 1. The smallest absolute Gasteiger partial charge is 0.420 e. The van der Waals surface area contributed by atoms with Crippen molar-refractivity contribution in [3.8, 4) is 5.75 Å². The molecular weight excluding hydrogens is 555 g/mol. The molecule has 1 saturated heterocycles. The third-order valence-corrected chi connectivity index (χ3v) is 7.31. The van der Waals surface area contributed by atoms with E-state index in [1.165, 1.54) is 24.3 Å². The maximum Gasteiger partial charge on any atom is 0.487 e. The normalized spacial score (nSPS) is 17.0. The Hall–Kier alpha value is -3.14. The van der Waals surface area contributed by atoms with Gasteiger partial charge in [-0.2, -0.15) is 0 Å². The van der Waals surface area contributed by atoms with Gasteiger partial charge in [0.1, 0.15) is 11.0 Å². The lowest BCUT2D eigenvalue weighted by Crippen LogP contribution is -2.46. The van der Waals surface area contributed by atoms with Crippen LogP contribution in [-0.4, -0.2) is 39.2 Å². The minimum absolute atomic E-state index is 0.0124. The zero-order valence-electron chi connectivity index (χ0n) is 20.2. The Bertz CT molecular complexity index is 1340. The number of hydrogen-bond acceptors (Lipinski definition) is 5. The minimum atomic E-state index is -3.84. The van der Waals surface area contributed by atoms with Gasteiger partial charge in [-0.3, -0.25) is 14.5 Å². The quantitative estimate of drug-likeness (QED) is 0.292. The highest BCUT2D eigenvalue weighted by atomic mass is 35.5. The molecule has 1 aliphatic rings. The van der Waals surface area contributed by atoms with Crippen LogP contribution in [0.3, 0.4) is 0 Å². The fourth-order valence-corrected chi connectivity index (χ4v) is 5.07. The Balaban J connectivity index is 1.56. The van der Waals surface area contributed by atoms with Crippen molar-refractivity contribution in [1.82, 2.24) is 4.90 Å². The molecule has 1 N–H and O–H groups in total. The van der Waals surface area contributed by atoms with Crippen molar-refractivity contribution in [3.63, 3.8) is 0 Å². The van der Waals surface area contributed by atoms with Gasteiger partial charge in [0.15, 0.2) is 5.17 Å². The molecule has 0 unspecified atom stereocenters. The van der Waals surface area contributed by atoms with Crippen molar-refractivity contribution >= 4 is 63.3 Å². The molecule has 6 nitrogen and oxygen atoms in total. The van der Waals surface area contributed by atoms with Crippen molar-refractivity contribution in [2.24, 2.45) is 4.99 Å². The van der Waals surface area contributed by atoms with E-state index in [4.69, 9.17) is 23.2 Å². The van der Waals surface area contributed by atoms with E-state index in [0.717, 1.165) is 22.9 Å². The summed E-state index contributed by atoms with van der Waals surface area (Å²) in [5, 5.41) is 2.93. The van der Waals surface area contributed by atoms with Gasteiger partial charge < -0.3 is 10.1 Å². The van der Waals surface area contributed by atoms with Gasteiger partial charge in [0.2, 0.25) is 11.8 Å². The first-order valence-electron chi connectivity index (χ1n) is 11.6. The predicted octanol–water partition coefficient (Wildman–Crippen LogP) is 7.02. The van der Waals surface area contributed by atoms with Crippen LogP contribution in [0.25, 0.3) is 0 Å². The fraction of sp³-hybridized carbons (Fsp3) is 0.222. The summed E-state index contributed by atoms with van der Waals surface area (Å²) >= 11 is 12.2. The second kappa shape index (κ2) is 12.1. The van der Waals surface area contributed by atoms with Crippen LogP contribution in [0.1, 0.15) is 17.5 Å². The topological polar surface area (TPSA) is 71.0 Å². The Morgan fingerprint density at radius 2 is 1.87 bits per heavy atom. The van der Waals surface area contributed by atoms with E-state index >= 15 is 0 Å². The second-order valence-electron chi connectivity index (χ2n) is 8.48. The molecule has 4 rings (SSSR count). The van der Waals surface area contributed by atoms with Crippen LogP contribution in [0, 0.1) is 6.92 Å². The molecule has 3 aromatic rings. The largest absolute Gasteiger partial charge is 0.487 e. The highest BCUT2D eigenvalue weighted by Gasteiger charge is 2.36. The number of rotatable bonds is 8. The van der Waals surface area contributed by atoms with Crippen LogP contribution >= 0.6 is 35.0 Å². The summed E-state index contributed by atoms with van der Waals surface area (Å²) in [5.41, 5.74) is -1.00. The lowest BCUT2D eigenvalue weighted by Gasteiger charge is -2.32.